The minimum atomic E-state index is 0.0127. The molecule has 0 aromatic carbocycles. The van der Waals surface area contributed by atoms with Crippen LogP contribution in [0.2, 0.25) is 0 Å². The molecule has 0 spiro atoms. The first-order valence-electron chi connectivity index (χ1n) is 3.89. The Balaban J connectivity index is 2.62. The average molecular weight is 154 g/mol. The summed E-state index contributed by atoms with van der Waals surface area (Å²) in [6, 6.07) is 0.0127. The lowest BCUT2D eigenvalue weighted by Gasteiger charge is -2.14. The van der Waals surface area contributed by atoms with Gasteiger partial charge in [-0.3, -0.25) is 0 Å². The van der Waals surface area contributed by atoms with E-state index in [9.17, 15) is 0 Å². The van der Waals surface area contributed by atoms with Crippen molar-refractivity contribution in [2.75, 3.05) is 0 Å². The Hall–Kier alpha value is -0.830. The van der Waals surface area contributed by atoms with E-state index in [0.717, 1.165) is 12.1 Å². The molecule has 2 atom stereocenters. The molecule has 0 aliphatic rings. The monoisotopic (exact) mass is 154 g/mol. The number of hydrogen-bond donors (Lipinski definition) is 1. The number of hydrogen-bond acceptors (Lipinski definition) is 3. The zero-order valence-corrected chi connectivity index (χ0v) is 6.95. The fraction of sp³-hybridized carbons (Fsp3) is 0.625. The zero-order chi connectivity index (χ0) is 8.27. The highest BCUT2D eigenvalue weighted by Crippen LogP contribution is 2.19. The maximum atomic E-state index is 5.87. The van der Waals surface area contributed by atoms with E-state index in [0.29, 0.717) is 5.92 Å². The summed E-state index contributed by atoms with van der Waals surface area (Å²) in [5, 5.41) is 0. The van der Waals surface area contributed by atoms with Crippen molar-refractivity contribution in [2.45, 2.75) is 26.3 Å². The summed E-state index contributed by atoms with van der Waals surface area (Å²) in [5.41, 5.74) is 6.72. The van der Waals surface area contributed by atoms with Gasteiger partial charge >= 0.3 is 0 Å². The molecule has 0 bridgehead atoms. The third-order valence-electron chi connectivity index (χ3n) is 2.05. The summed E-state index contributed by atoms with van der Waals surface area (Å²) in [4.78, 5) is 3.99. The molecule has 62 valence electrons. The maximum Gasteiger partial charge on any atom is 0.180 e. The summed E-state index contributed by atoms with van der Waals surface area (Å²) in [5.74, 6) is 0.458. The summed E-state index contributed by atoms with van der Waals surface area (Å²) in [7, 11) is 0. The van der Waals surface area contributed by atoms with E-state index in [2.05, 4.69) is 18.8 Å². The molecule has 3 heteroatoms. The second-order valence-electron chi connectivity index (χ2n) is 2.82. The van der Waals surface area contributed by atoms with Gasteiger partial charge in [-0.15, -0.1) is 0 Å². The molecule has 3 nitrogen and oxygen atoms in total. The zero-order valence-electron chi connectivity index (χ0n) is 6.95. The van der Waals surface area contributed by atoms with Crippen molar-refractivity contribution in [2.24, 2.45) is 11.7 Å². The average Bonchev–Trinajstić information content (AvgIpc) is 2.53. The number of nitrogens with zero attached hydrogens (tertiary/aromatic N) is 1. The van der Waals surface area contributed by atoms with Gasteiger partial charge in [0.25, 0.3) is 0 Å². The summed E-state index contributed by atoms with van der Waals surface area (Å²) >= 11 is 0. The number of aromatic nitrogens is 1. The largest absolute Gasteiger partial charge is 0.451 e. The lowest BCUT2D eigenvalue weighted by molar-refractivity contribution is 0.446. The van der Waals surface area contributed by atoms with E-state index in [1.54, 1.807) is 6.26 Å². The Kier molecular flexibility index (Phi) is 2.65. The molecule has 0 aliphatic heterocycles. The van der Waals surface area contributed by atoms with Crippen LogP contribution in [0, 0.1) is 5.92 Å². The predicted octanol–water partition coefficient (Wildman–Crippen LogP) is 1.72. The number of nitrogens with two attached hydrogens (primary N) is 1. The molecular weight excluding hydrogens is 140 g/mol. The predicted molar refractivity (Wildman–Crippen MR) is 42.9 cm³/mol. The molecule has 0 unspecified atom stereocenters. The van der Waals surface area contributed by atoms with Crippen LogP contribution in [0.3, 0.4) is 0 Å². The van der Waals surface area contributed by atoms with Crippen LogP contribution in [0.1, 0.15) is 32.0 Å². The molecule has 11 heavy (non-hydrogen) atoms. The Morgan fingerprint density at radius 1 is 1.73 bits per heavy atom. The van der Waals surface area contributed by atoms with Crippen LogP contribution in [-0.2, 0) is 0 Å². The van der Waals surface area contributed by atoms with Gasteiger partial charge < -0.3 is 10.2 Å². The SMILES string of the molecule is CC[C@H](C)[C@H](N)c1cocn1. The summed E-state index contributed by atoms with van der Waals surface area (Å²) in [6.45, 7) is 4.23. The van der Waals surface area contributed by atoms with E-state index >= 15 is 0 Å². The molecule has 0 aliphatic carbocycles. The molecule has 2 N–H and O–H groups in total. The van der Waals surface area contributed by atoms with Crippen LogP contribution in [0.25, 0.3) is 0 Å². The fourth-order valence-electron chi connectivity index (χ4n) is 0.932. The van der Waals surface area contributed by atoms with E-state index in [1.165, 1.54) is 6.39 Å². The minimum Gasteiger partial charge on any atom is -0.451 e. The minimum absolute atomic E-state index is 0.0127. The second-order valence-corrected chi connectivity index (χ2v) is 2.82. The molecule has 1 aromatic heterocycles. The summed E-state index contributed by atoms with van der Waals surface area (Å²) < 4.78 is 4.84. The van der Waals surface area contributed by atoms with Gasteiger partial charge in [0.15, 0.2) is 6.39 Å². The molecule has 0 fully saturated rings. The van der Waals surface area contributed by atoms with Crippen LogP contribution >= 0.6 is 0 Å². The quantitative estimate of drug-likeness (QED) is 0.721. The highest BCUT2D eigenvalue weighted by molar-refractivity contribution is 4.99. The van der Waals surface area contributed by atoms with Gasteiger partial charge in [0.1, 0.15) is 6.26 Å². The molecule has 0 amide bonds. The van der Waals surface area contributed by atoms with Gasteiger partial charge in [-0.05, 0) is 5.92 Å². The number of oxazole rings is 1. The Morgan fingerprint density at radius 3 is 2.91 bits per heavy atom. The van der Waals surface area contributed by atoms with Crippen LogP contribution in [-0.4, -0.2) is 4.98 Å². The first-order chi connectivity index (χ1) is 5.25. The van der Waals surface area contributed by atoms with Crippen molar-refractivity contribution in [1.82, 2.24) is 4.98 Å². The van der Waals surface area contributed by atoms with Crippen LogP contribution in [0.5, 0.6) is 0 Å². The van der Waals surface area contributed by atoms with Crippen molar-refractivity contribution in [1.29, 1.82) is 0 Å². The normalized spacial score (nSPS) is 16.3. The molecule has 1 heterocycles. The van der Waals surface area contributed by atoms with Crippen molar-refractivity contribution in [3.63, 3.8) is 0 Å². The molecular formula is C8H14N2O. The smallest absolute Gasteiger partial charge is 0.180 e. The van der Waals surface area contributed by atoms with Gasteiger partial charge in [0.2, 0.25) is 0 Å². The van der Waals surface area contributed by atoms with Crippen molar-refractivity contribution in [3.8, 4) is 0 Å². The second kappa shape index (κ2) is 3.53. The highest BCUT2D eigenvalue weighted by Gasteiger charge is 2.14. The molecule has 0 saturated carbocycles. The third-order valence-corrected chi connectivity index (χ3v) is 2.05. The molecule has 1 aromatic rings. The van der Waals surface area contributed by atoms with E-state index in [-0.39, 0.29) is 6.04 Å². The first kappa shape index (κ1) is 8.27. The van der Waals surface area contributed by atoms with Crippen molar-refractivity contribution in [3.05, 3.63) is 18.4 Å². The van der Waals surface area contributed by atoms with E-state index < -0.39 is 0 Å². The van der Waals surface area contributed by atoms with Gasteiger partial charge in [-0.2, -0.15) is 0 Å². The fourth-order valence-corrected chi connectivity index (χ4v) is 0.932. The van der Waals surface area contributed by atoms with E-state index in [1.807, 2.05) is 0 Å². The number of rotatable bonds is 3. The molecule has 0 radical (unpaired) electrons. The van der Waals surface area contributed by atoms with Crippen LogP contribution in [0.15, 0.2) is 17.1 Å². The van der Waals surface area contributed by atoms with Gasteiger partial charge in [-0.1, -0.05) is 20.3 Å². The van der Waals surface area contributed by atoms with Crippen LogP contribution < -0.4 is 5.73 Å². The standard InChI is InChI=1S/C8H14N2O/c1-3-6(2)8(9)7-4-11-5-10-7/h4-6,8H,3,9H2,1-2H3/t6-,8-/m0/s1. The summed E-state index contributed by atoms with van der Waals surface area (Å²) in [6.07, 6.45) is 4.09. The van der Waals surface area contributed by atoms with Crippen LogP contribution in [0.4, 0.5) is 0 Å². The lowest BCUT2D eigenvalue weighted by Crippen LogP contribution is -2.18. The topological polar surface area (TPSA) is 52.0 Å². The van der Waals surface area contributed by atoms with Crippen molar-refractivity contribution < 1.29 is 4.42 Å². The van der Waals surface area contributed by atoms with Gasteiger partial charge in [0, 0.05) is 0 Å². The molecule has 1 rings (SSSR count). The lowest BCUT2D eigenvalue weighted by atomic mass is 9.98. The molecule has 0 saturated heterocycles. The van der Waals surface area contributed by atoms with Gasteiger partial charge in [-0.25, -0.2) is 4.98 Å². The van der Waals surface area contributed by atoms with Crippen molar-refractivity contribution >= 4 is 0 Å². The first-order valence-corrected chi connectivity index (χ1v) is 3.89. The Morgan fingerprint density at radius 2 is 2.45 bits per heavy atom. The maximum absolute atomic E-state index is 5.87. The third kappa shape index (κ3) is 1.80. The van der Waals surface area contributed by atoms with E-state index in [4.69, 9.17) is 10.2 Å². The Labute approximate surface area is 66.6 Å². The highest BCUT2D eigenvalue weighted by atomic mass is 16.3. The Bertz CT molecular complexity index is 196. The van der Waals surface area contributed by atoms with Gasteiger partial charge in [0.05, 0.1) is 11.7 Å².